The molecular weight excluding hydrogens is 215 g/mol. The third-order valence-electron chi connectivity index (χ3n) is 5.05. The van der Waals surface area contributed by atoms with Gasteiger partial charge in [-0.2, -0.15) is 0 Å². The van der Waals surface area contributed by atoms with E-state index in [0.29, 0.717) is 5.41 Å². The van der Waals surface area contributed by atoms with Gasteiger partial charge in [-0.05, 0) is 30.6 Å². The molecule has 2 nitrogen and oxygen atoms in total. The Labute approximate surface area is 102 Å². The average molecular weight is 242 g/mol. The summed E-state index contributed by atoms with van der Waals surface area (Å²) in [7, 11) is 1.09. The van der Waals surface area contributed by atoms with Crippen molar-refractivity contribution in [2.75, 3.05) is 13.3 Å². The highest BCUT2D eigenvalue weighted by molar-refractivity contribution is 7.37. The van der Waals surface area contributed by atoms with E-state index in [1.165, 1.54) is 6.42 Å². The minimum absolute atomic E-state index is 0.519. The molecule has 5 atom stereocenters. The zero-order valence-corrected chi connectivity index (χ0v) is 12.3. The maximum Gasteiger partial charge on any atom is 0.0460 e. The van der Waals surface area contributed by atoms with E-state index < -0.39 is 0 Å². The molecule has 1 aliphatic heterocycles. The third kappa shape index (κ3) is 1.94. The van der Waals surface area contributed by atoms with Crippen LogP contribution < -0.4 is 10.6 Å². The summed E-state index contributed by atoms with van der Waals surface area (Å²) in [6.07, 6.45) is 1.40. The summed E-state index contributed by atoms with van der Waals surface area (Å²) in [4.78, 5) is 0. The molecule has 1 heterocycles. The summed E-state index contributed by atoms with van der Waals surface area (Å²) in [5, 5.41) is 7.15. The van der Waals surface area contributed by atoms with E-state index >= 15 is 0 Å². The van der Waals surface area contributed by atoms with Crippen LogP contribution in [0.5, 0.6) is 0 Å². The Bertz CT molecular complexity index is 244. The van der Waals surface area contributed by atoms with Crippen LogP contribution in [0, 0.1) is 17.3 Å². The van der Waals surface area contributed by atoms with Crippen molar-refractivity contribution in [3.63, 3.8) is 0 Å². The SMILES string of the molecule is CPC(CC(C)C1(C)C2NCNC21)C(C)C. The molecule has 0 aromatic carbocycles. The van der Waals surface area contributed by atoms with E-state index in [1.807, 2.05) is 0 Å². The lowest BCUT2D eigenvalue weighted by Gasteiger charge is -2.29. The van der Waals surface area contributed by atoms with E-state index in [9.17, 15) is 0 Å². The molecule has 0 bridgehead atoms. The highest BCUT2D eigenvalue weighted by Gasteiger charge is 2.65. The molecule has 94 valence electrons. The number of nitrogens with one attached hydrogen (secondary N) is 2. The Morgan fingerprint density at radius 3 is 2.25 bits per heavy atom. The maximum absolute atomic E-state index is 3.58. The average Bonchev–Trinajstić information content (AvgIpc) is 2.68. The van der Waals surface area contributed by atoms with Crippen molar-refractivity contribution < 1.29 is 0 Å². The lowest BCUT2D eigenvalue weighted by atomic mass is 9.85. The number of rotatable bonds is 5. The van der Waals surface area contributed by atoms with Crippen molar-refractivity contribution in [1.29, 1.82) is 0 Å². The van der Waals surface area contributed by atoms with Crippen LogP contribution >= 0.6 is 8.58 Å². The van der Waals surface area contributed by atoms with Crippen LogP contribution in [0.3, 0.4) is 0 Å². The minimum atomic E-state index is 0.519. The molecule has 0 radical (unpaired) electrons. The number of hydrogen-bond acceptors (Lipinski definition) is 2. The van der Waals surface area contributed by atoms with Gasteiger partial charge in [0.05, 0.1) is 0 Å². The zero-order chi connectivity index (χ0) is 11.9. The van der Waals surface area contributed by atoms with Gasteiger partial charge in [0.15, 0.2) is 0 Å². The van der Waals surface area contributed by atoms with Gasteiger partial charge in [0.1, 0.15) is 0 Å². The Hall–Kier alpha value is 0.350. The van der Waals surface area contributed by atoms with Crippen molar-refractivity contribution in [2.45, 2.75) is 51.9 Å². The van der Waals surface area contributed by atoms with Crippen molar-refractivity contribution in [1.82, 2.24) is 10.6 Å². The normalized spacial score (nSPS) is 41.6. The van der Waals surface area contributed by atoms with Gasteiger partial charge in [0, 0.05) is 24.2 Å². The predicted molar refractivity (Wildman–Crippen MR) is 73.5 cm³/mol. The quantitative estimate of drug-likeness (QED) is 0.723. The Kier molecular flexibility index (Phi) is 3.64. The summed E-state index contributed by atoms with van der Waals surface area (Å²) >= 11 is 0. The first-order valence-electron chi connectivity index (χ1n) is 6.65. The van der Waals surface area contributed by atoms with Crippen LogP contribution in [0.1, 0.15) is 34.1 Å². The highest BCUT2D eigenvalue weighted by atomic mass is 31.1. The highest BCUT2D eigenvalue weighted by Crippen LogP contribution is 2.55. The van der Waals surface area contributed by atoms with Crippen molar-refractivity contribution in [3.8, 4) is 0 Å². The topological polar surface area (TPSA) is 24.1 Å². The fourth-order valence-corrected chi connectivity index (χ4v) is 4.71. The summed E-state index contributed by atoms with van der Waals surface area (Å²) in [5.74, 6) is 1.68. The summed E-state index contributed by atoms with van der Waals surface area (Å²) in [6.45, 7) is 13.0. The standard InChI is InChI=1S/C13H27N2P/c1-8(2)10(16-5)6-9(3)13(4)11-12(13)15-7-14-11/h8-12,14-16H,6-7H2,1-5H3. The fraction of sp³-hybridized carbons (Fsp3) is 1.00. The molecule has 1 saturated heterocycles. The molecule has 0 amide bonds. The van der Waals surface area contributed by atoms with E-state index in [4.69, 9.17) is 0 Å². The monoisotopic (exact) mass is 242 g/mol. The number of hydrogen-bond donors (Lipinski definition) is 2. The molecule has 5 unspecified atom stereocenters. The van der Waals surface area contributed by atoms with Crippen LogP contribution in [-0.2, 0) is 0 Å². The predicted octanol–water partition coefficient (Wildman–Crippen LogP) is 2.25. The lowest BCUT2D eigenvalue weighted by molar-refractivity contribution is 0.272. The van der Waals surface area contributed by atoms with Crippen LogP contribution in [0.25, 0.3) is 0 Å². The fourth-order valence-electron chi connectivity index (χ4n) is 3.46. The molecule has 2 aliphatic rings. The van der Waals surface area contributed by atoms with Gasteiger partial charge in [-0.15, -0.1) is 8.58 Å². The van der Waals surface area contributed by atoms with Gasteiger partial charge < -0.3 is 0 Å². The maximum atomic E-state index is 3.58. The molecule has 2 N–H and O–H groups in total. The van der Waals surface area contributed by atoms with E-state index in [0.717, 1.165) is 44.8 Å². The largest absolute Gasteiger partial charge is 0.299 e. The van der Waals surface area contributed by atoms with Crippen LogP contribution in [0.2, 0.25) is 0 Å². The van der Waals surface area contributed by atoms with Gasteiger partial charge in [0.2, 0.25) is 0 Å². The first-order chi connectivity index (χ1) is 7.51. The second-order valence-electron chi connectivity index (χ2n) is 6.18. The molecule has 0 spiro atoms. The molecule has 0 aromatic rings. The van der Waals surface area contributed by atoms with Gasteiger partial charge in [-0.1, -0.05) is 27.7 Å². The van der Waals surface area contributed by atoms with Crippen molar-refractivity contribution >= 4 is 8.58 Å². The number of fused-ring (bicyclic) bond motifs is 1. The minimum Gasteiger partial charge on any atom is -0.299 e. The van der Waals surface area contributed by atoms with Gasteiger partial charge in [0.25, 0.3) is 0 Å². The molecule has 16 heavy (non-hydrogen) atoms. The van der Waals surface area contributed by atoms with Crippen LogP contribution in [-0.4, -0.2) is 31.1 Å². The molecular formula is C13H27N2P. The van der Waals surface area contributed by atoms with Crippen LogP contribution in [0.4, 0.5) is 0 Å². The summed E-state index contributed by atoms with van der Waals surface area (Å²) in [5.41, 5.74) is 1.44. The summed E-state index contributed by atoms with van der Waals surface area (Å²) < 4.78 is 0. The zero-order valence-electron chi connectivity index (χ0n) is 11.3. The molecule has 1 saturated carbocycles. The molecule has 1 aliphatic carbocycles. The first-order valence-corrected chi connectivity index (χ1v) is 8.23. The molecule has 2 rings (SSSR count). The Morgan fingerprint density at radius 2 is 1.81 bits per heavy atom. The molecule has 0 aromatic heterocycles. The van der Waals surface area contributed by atoms with Crippen molar-refractivity contribution in [3.05, 3.63) is 0 Å². The summed E-state index contributed by atoms with van der Waals surface area (Å²) in [6, 6.07) is 1.49. The van der Waals surface area contributed by atoms with Gasteiger partial charge in [-0.3, -0.25) is 10.6 Å². The first kappa shape index (κ1) is 12.8. The van der Waals surface area contributed by atoms with E-state index in [1.54, 1.807) is 0 Å². The third-order valence-corrected chi connectivity index (χ3v) is 6.70. The van der Waals surface area contributed by atoms with Gasteiger partial charge >= 0.3 is 0 Å². The van der Waals surface area contributed by atoms with Gasteiger partial charge in [-0.25, -0.2) is 0 Å². The van der Waals surface area contributed by atoms with Crippen LogP contribution in [0.15, 0.2) is 0 Å². The Morgan fingerprint density at radius 1 is 1.25 bits per heavy atom. The van der Waals surface area contributed by atoms with E-state index in [2.05, 4.69) is 45.0 Å². The molecule has 3 heteroatoms. The second-order valence-corrected chi connectivity index (χ2v) is 7.50. The van der Waals surface area contributed by atoms with Crippen molar-refractivity contribution in [2.24, 2.45) is 17.3 Å². The smallest absolute Gasteiger partial charge is 0.0460 e. The van der Waals surface area contributed by atoms with E-state index in [-0.39, 0.29) is 0 Å². The lowest BCUT2D eigenvalue weighted by Crippen LogP contribution is -2.34. The second kappa shape index (κ2) is 4.55. The Balaban J connectivity index is 1.91. The molecule has 2 fully saturated rings.